The molecular weight excluding hydrogens is 1670 g/mol. The van der Waals surface area contributed by atoms with E-state index in [4.69, 9.17) is 55.7 Å². The fourth-order valence-corrected chi connectivity index (χ4v) is 17.0. The molecule has 2 saturated heterocycles. The van der Waals surface area contributed by atoms with Gasteiger partial charge >= 0.3 is 39.0 Å². The number of likely N-dealkylation sites (tertiary alicyclic amines) is 2. The predicted molar refractivity (Wildman–Crippen MR) is 453 cm³/mol. The molecule has 4 aliphatic carbocycles. The quantitative estimate of drug-likeness (QED) is 0.00766. The third-order valence-corrected chi connectivity index (χ3v) is 24.0. The van der Waals surface area contributed by atoms with Crippen molar-refractivity contribution in [1.29, 1.82) is 0 Å². The molecule has 4 heterocycles. The summed E-state index contributed by atoms with van der Waals surface area (Å²) in [6, 6.07) is 14.9. The van der Waals surface area contributed by atoms with Gasteiger partial charge in [-0.15, -0.1) is 0 Å². The maximum atomic E-state index is 14.6. The molecular formula is C85H119N11O27S2. The van der Waals surface area contributed by atoms with Gasteiger partial charge in [0.15, 0.2) is 0 Å². The largest absolute Gasteiger partial charge is 0.514 e. The Hall–Kier alpha value is -10.5. The number of hydrogen-bond acceptors (Lipinski definition) is 29. The molecule has 40 heteroatoms. The first-order valence-corrected chi connectivity index (χ1v) is 44.0. The molecule has 10 atom stereocenters. The van der Waals surface area contributed by atoms with E-state index in [2.05, 4.69) is 31.2 Å². The molecule has 125 heavy (non-hydrogen) atoms. The Morgan fingerprint density at radius 1 is 0.536 bits per heavy atom. The standard InChI is InChI=1S/C37H53N5O11S.C36H51N5O10S.C12H15NO6/c1-10-23-19-37(23,32(45)41-54(47,48)53-36(7)14-15-36)40-29(43)27-18-25(51-30-26-12-11-24(50-9)17-22(26)13-16-38-30)20-42(27)31(44)28(34(2,3)4)39-33(46)52-35(5,6)21-49-8;1-10-22-19-36(22,31(44)40-52(46,47)51-35(8)14-15-35)39-28(42)26-18-24(49-29-25-12-11-23(48-9)17-21(25)13-16-37-29)20-41(26)30(43)27(33(2,3)4)38-32(45)50-34(5,6)7;1-12(2,8-17-3)19-11(14)18-10-6-4-9(5-7-10)13(15)16/h11-13,16-17,23,25,27-28H,10,14-15,18-21H2,1-9H3,(H,39,46)(H,40,43)(H,41,45);11-13,16-17,22,24,26-27H,10,14-15,18-20H2,1-9H3,(H,38,45)(H,39,42)(H,40,44);4-7H,8H2,1-3H3/t23-,25-,27+,28-,37-;22-,24-,26+,27-,36-;/m11./s1. The van der Waals surface area contributed by atoms with Gasteiger partial charge in [-0.05, 0) is 195 Å². The van der Waals surface area contributed by atoms with E-state index in [-0.39, 0.29) is 87.0 Å². The Balaban J connectivity index is 0.000000235. The lowest BCUT2D eigenvalue weighted by molar-refractivity contribution is -0.384. The molecule has 0 unspecified atom stereocenters. The van der Waals surface area contributed by atoms with Gasteiger partial charge < -0.3 is 78.4 Å². The van der Waals surface area contributed by atoms with Gasteiger partial charge in [-0.1, -0.05) is 68.2 Å². The summed E-state index contributed by atoms with van der Waals surface area (Å²) < 4.78 is 120. The SMILES string of the molecule is CC[C@@H]1C[C@]1(NC(=O)[C@@H]1C[C@@H](Oc2nccc3cc(OC)ccc23)CN1C(=O)[C@@H](NC(=O)OC(C)(C)C)C(C)(C)C)C(=O)NS(=O)(=O)OC1(C)CC1.CC[C@@H]1C[C@]1(NC(=O)[C@@H]1C[C@@H](Oc2nccc3cc(OC)ccc23)CN1C(=O)[C@@H](NC(=O)OC(C)(C)COC)C(C)(C)C)C(=O)NS(=O)(=O)OC1(C)CC1.COCC(C)(C)OC(=O)Oc1ccc([N+](=O)[O-])cc1. The molecule has 3 aromatic carbocycles. The van der Waals surface area contributed by atoms with Crippen LogP contribution in [0, 0.1) is 32.8 Å². The number of pyridine rings is 2. The van der Waals surface area contributed by atoms with Crippen molar-refractivity contribution in [3.05, 3.63) is 95.3 Å². The van der Waals surface area contributed by atoms with Crippen molar-refractivity contribution in [2.24, 2.45) is 22.7 Å². The molecule has 688 valence electrons. The Morgan fingerprint density at radius 2 is 0.912 bits per heavy atom. The zero-order chi connectivity index (χ0) is 92.8. The number of methoxy groups -OCH3 is 4. The first-order valence-electron chi connectivity index (χ1n) is 41.2. The number of non-ortho nitro benzene ring substituents is 1. The summed E-state index contributed by atoms with van der Waals surface area (Å²) in [7, 11) is -2.81. The number of rotatable bonds is 32. The summed E-state index contributed by atoms with van der Waals surface area (Å²) >= 11 is 0. The van der Waals surface area contributed by atoms with E-state index in [0.717, 1.165) is 10.8 Å². The maximum Gasteiger partial charge on any atom is 0.514 e. The summed E-state index contributed by atoms with van der Waals surface area (Å²) in [5.74, 6) is -3.00. The van der Waals surface area contributed by atoms with Crippen LogP contribution in [0.3, 0.4) is 0 Å². The van der Waals surface area contributed by atoms with E-state index in [9.17, 15) is 70.1 Å². The highest BCUT2D eigenvalue weighted by Gasteiger charge is 2.64. The number of aromatic nitrogens is 2. The molecule has 6 aliphatic rings. The number of amides is 8. The van der Waals surface area contributed by atoms with Gasteiger partial charge in [0.2, 0.25) is 35.4 Å². The summed E-state index contributed by atoms with van der Waals surface area (Å²) in [6.45, 7) is 29.6. The number of nitrogens with one attached hydrogen (secondary N) is 6. The number of carbonyl (C=O) groups excluding carboxylic acids is 9. The number of nitro benzene ring substituents is 1. The fraction of sp³-hybridized carbons (Fsp3) is 0.612. The predicted octanol–water partition coefficient (Wildman–Crippen LogP) is 9.65. The number of nitrogens with zero attached hydrogens (tertiary/aromatic N) is 5. The number of carbonyl (C=O) groups is 9. The van der Waals surface area contributed by atoms with Crippen molar-refractivity contribution in [3.8, 4) is 29.0 Å². The first kappa shape index (κ1) is 98.2. The molecule has 2 aliphatic heterocycles. The van der Waals surface area contributed by atoms with Crippen LogP contribution in [0.5, 0.6) is 29.0 Å². The Morgan fingerprint density at radius 3 is 1.25 bits per heavy atom. The molecule has 38 nitrogen and oxygen atoms in total. The van der Waals surface area contributed by atoms with Gasteiger partial charge in [-0.25, -0.2) is 42.2 Å². The van der Waals surface area contributed by atoms with Crippen molar-refractivity contribution in [2.45, 2.75) is 257 Å². The molecule has 4 saturated carbocycles. The van der Waals surface area contributed by atoms with Crippen molar-refractivity contribution < 1.29 is 121 Å². The average Bonchev–Trinajstić information content (AvgIpc) is 1.58. The summed E-state index contributed by atoms with van der Waals surface area (Å²) in [6.07, 6.45) is 2.67. The normalized spacial score (nSPS) is 22.2. The Labute approximate surface area is 728 Å². The molecule has 5 aromatic rings. The van der Waals surface area contributed by atoms with Gasteiger partial charge in [0.1, 0.15) is 81.5 Å². The van der Waals surface area contributed by atoms with E-state index in [1.807, 2.05) is 41.5 Å². The minimum Gasteiger partial charge on any atom is -0.497 e. The molecule has 0 spiro atoms. The molecule has 2 aromatic heterocycles. The minimum atomic E-state index is -4.46. The summed E-state index contributed by atoms with van der Waals surface area (Å²) in [5, 5.41) is 24.5. The van der Waals surface area contributed by atoms with E-state index >= 15 is 0 Å². The zero-order valence-corrected chi connectivity index (χ0v) is 76.3. The van der Waals surface area contributed by atoms with Gasteiger partial charge in [-0.3, -0.25) is 38.9 Å². The highest BCUT2D eigenvalue weighted by Crippen LogP contribution is 2.49. The van der Waals surface area contributed by atoms with E-state index < -0.39 is 166 Å². The number of alkyl carbamates (subject to hydrolysis) is 2. The lowest BCUT2D eigenvalue weighted by Gasteiger charge is -2.36. The molecule has 11 rings (SSSR count). The topological polar surface area (TPSA) is 480 Å². The monoisotopic (exact) mass is 1790 g/mol. The van der Waals surface area contributed by atoms with Gasteiger partial charge in [0.25, 0.3) is 17.5 Å². The second kappa shape index (κ2) is 38.3. The second-order valence-electron chi connectivity index (χ2n) is 37.1. The highest BCUT2D eigenvalue weighted by molar-refractivity contribution is 7.85. The number of nitro groups is 1. The smallest absolute Gasteiger partial charge is 0.497 e. The van der Waals surface area contributed by atoms with Crippen molar-refractivity contribution in [1.82, 2.24) is 50.5 Å². The number of benzene rings is 3. The average molecular weight is 1790 g/mol. The van der Waals surface area contributed by atoms with Gasteiger partial charge in [-0.2, -0.15) is 16.8 Å². The van der Waals surface area contributed by atoms with Crippen molar-refractivity contribution in [3.63, 3.8) is 0 Å². The van der Waals surface area contributed by atoms with Crippen LogP contribution < -0.4 is 54.4 Å². The van der Waals surface area contributed by atoms with E-state index in [0.29, 0.717) is 60.8 Å². The third kappa shape index (κ3) is 26.1. The lowest BCUT2D eigenvalue weighted by Crippen LogP contribution is -2.60. The summed E-state index contributed by atoms with van der Waals surface area (Å²) in [4.78, 5) is 144. The first-order chi connectivity index (χ1) is 58.1. The Bertz CT molecular complexity index is 5070. The van der Waals surface area contributed by atoms with Crippen LogP contribution in [0.4, 0.5) is 20.1 Å². The van der Waals surface area contributed by atoms with Gasteiger partial charge in [0.05, 0.1) is 56.6 Å². The van der Waals surface area contributed by atoms with Crippen LogP contribution >= 0.6 is 0 Å². The van der Waals surface area contributed by atoms with Crippen LogP contribution in [0.2, 0.25) is 0 Å². The van der Waals surface area contributed by atoms with Crippen LogP contribution in [-0.2, 0) is 81.4 Å². The molecule has 0 bridgehead atoms. The van der Waals surface area contributed by atoms with Crippen LogP contribution in [0.1, 0.15) is 182 Å². The second-order valence-corrected chi connectivity index (χ2v) is 39.7. The van der Waals surface area contributed by atoms with E-state index in [1.165, 1.54) is 48.3 Å². The molecule has 6 N–H and O–H groups in total. The number of ether oxygens (including phenoxy) is 10. The van der Waals surface area contributed by atoms with Crippen LogP contribution in [-0.4, -0.2) is 226 Å². The molecule has 6 fully saturated rings. The minimum absolute atomic E-state index is 0.00221. The number of fused-ring (bicyclic) bond motifs is 2. The maximum absolute atomic E-state index is 14.6. The van der Waals surface area contributed by atoms with E-state index in [1.54, 1.807) is 161 Å². The third-order valence-electron chi connectivity index (χ3n) is 21.9. The number of hydrogen-bond donors (Lipinski definition) is 6. The highest BCUT2D eigenvalue weighted by atomic mass is 32.2. The lowest BCUT2D eigenvalue weighted by atomic mass is 9.85. The van der Waals surface area contributed by atoms with Gasteiger partial charge in [0, 0.05) is 62.4 Å². The fourth-order valence-electron chi connectivity index (χ4n) is 14.7. The summed E-state index contributed by atoms with van der Waals surface area (Å²) in [5.41, 5.74) is -9.21. The van der Waals surface area contributed by atoms with Crippen LogP contribution in [0.25, 0.3) is 21.5 Å². The molecule has 8 amide bonds. The van der Waals surface area contributed by atoms with Crippen molar-refractivity contribution in [2.75, 3.05) is 54.7 Å². The Kier molecular flexibility index (Phi) is 30.1. The molecule has 0 radical (unpaired) electrons. The van der Waals surface area contributed by atoms with Crippen LogP contribution in [0.15, 0.2) is 85.2 Å². The van der Waals surface area contributed by atoms with Crippen molar-refractivity contribution >= 4 is 102 Å². The zero-order valence-electron chi connectivity index (χ0n) is 74.7.